The molecule has 0 aromatic heterocycles. The molecule has 1 rings (SSSR count). The molecule has 3 atom stereocenters. The molecule has 3 amide bonds. The molecule has 5 N–H and O–H groups in total. The quantitative estimate of drug-likeness (QED) is 0.359. The Labute approximate surface area is 69.1 Å². The lowest BCUT2D eigenvalue weighted by Crippen LogP contribution is -2.51. The SMILES string of the molecule is CC(O)[C@@H](N)C1NC(=O)NC1=O. The first-order valence-corrected chi connectivity index (χ1v) is 3.57. The van der Waals surface area contributed by atoms with Crippen molar-refractivity contribution in [2.45, 2.75) is 25.1 Å². The van der Waals surface area contributed by atoms with Crippen LogP contribution in [-0.4, -0.2) is 35.2 Å². The highest BCUT2D eigenvalue weighted by atomic mass is 16.3. The fourth-order valence-electron chi connectivity index (χ4n) is 0.982. The van der Waals surface area contributed by atoms with E-state index in [1.54, 1.807) is 0 Å². The zero-order valence-electron chi connectivity index (χ0n) is 6.57. The second-order valence-corrected chi connectivity index (χ2v) is 2.76. The van der Waals surface area contributed by atoms with Gasteiger partial charge in [0, 0.05) is 0 Å². The van der Waals surface area contributed by atoms with Gasteiger partial charge in [-0.05, 0) is 6.92 Å². The van der Waals surface area contributed by atoms with Crippen molar-refractivity contribution in [3.8, 4) is 0 Å². The highest BCUT2D eigenvalue weighted by Crippen LogP contribution is 2.01. The summed E-state index contributed by atoms with van der Waals surface area (Å²) in [5.41, 5.74) is 5.45. The Morgan fingerprint density at radius 3 is 2.50 bits per heavy atom. The fraction of sp³-hybridized carbons (Fsp3) is 0.667. The molecule has 1 saturated heterocycles. The van der Waals surface area contributed by atoms with Gasteiger partial charge in [0.2, 0.25) is 0 Å². The summed E-state index contributed by atoms with van der Waals surface area (Å²) in [6.45, 7) is 1.46. The largest absolute Gasteiger partial charge is 0.392 e. The summed E-state index contributed by atoms with van der Waals surface area (Å²) in [4.78, 5) is 21.6. The van der Waals surface area contributed by atoms with Gasteiger partial charge in [-0.15, -0.1) is 0 Å². The fourth-order valence-corrected chi connectivity index (χ4v) is 0.982. The first kappa shape index (κ1) is 8.95. The number of hydrogen-bond donors (Lipinski definition) is 4. The molecule has 0 radical (unpaired) electrons. The Balaban J connectivity index is 2.64. The van der Waals surface area contributed by atoms with E-state index in [2.05, 4.69) is 5.32 Å². The van der Waals surface area contributed by atoms with Crippen LogP contribution < -0.4 is 16.4 Å². The number of carbonyl (C=O) groups is 2. The topological polar surface area (TPSA) is 104 Å². The van der Waals surface area contributed by atoms with E-state index >= 15 is 0 Å². The van der Waals surface area contributed by atoms with Crippen LogP contribution in [0.1, 0.15) is 6.92 Å². The zero-order chi connectivity index (χ0) is 9.30. The molecular weight excluding hydrogens is 162 g/mol. The van der Waals surface area contributed by atoms with Gasteiger partial charge in [-0.3, -0.25) is 10.1 Å². The predicted octanol–water partition coefficient (Wildman–Crippen LogP) is -2.10. The third kappa shape index (κ3) is 1.54. The number of nitrogens with one attached hydrogen (secondary N) is 2. The Morgan fingerprint density at radius 1 is 1.58 bits per heavy atom. The van der Waals surface area contributed by atoms with Crippen LogP contribution in [0.2, 0.25) is 0 Å². The molecule has 1 fully saturated rings. The van der Waals surface area contributed by atoms with Gasteiger partial charge in [-0.2, -0.15) is 0 Å². The van der Waals surface area contributed by atoms with Gasteiger partial charge in [-0.25, -0.2) is 4.79 Å². The van der Waals surface area contributed by atoms with Crippen LogP contribution in [-0.2, 0) is 4.79 Å². The predicted molar refractivity (Wildman–Crippen MR) is 40.1 cm³/mol. The van der Waals surface area contributed by atoms with Crippen molar-refractivity contribution < 1.29 is 14.7 Å². The van der Waals surface area contributed by atoms with Crippen LogP contribution in [0, 0.1) is 0 Å². The Hall–Kier alpha value is -1.14. The lowest BCUT2D eigenvalue weighted by Gasteiger charge is -2.18. The number of hydrogen-bond acceptors (Lipinski definition) is 4. The van der Waals surface area contributed by atoms with Crippen LogP contribution in [0.3, 0.4) is 0 Å². The van der Waals surface area contributed by atoms with E-state index in [1.807, 2.05) is 5.32 Å². The zero-order valence-corrected chi connectivity index (χ0v) is 6.57. The Bertz CT molecular complexity index is 216. The highest BCUT2D eigenvalue weighted by Gasteiger charge is 2.36. The number of carbonyl (C=O) groups excluding carboxylic acids is 2. The monoisotopic (exact) mass is 173 g/mol. The van der Waals surface area contributed by atoms with E-state index in [9.17, 15) is 9.59 Å². The van der Waals surface area contributed by atoms with Gasteiger partial charge < -0.3 is 16.2 Å². The number of aliphatic hydroxyl groups excluding tert-OH is 1. The van der Waals surface area contributed by atoms with Crippen LogP contribution >= 0.6 is 0 Å². The molecule has 0 saturated carbocycles. The maximum atomic E-state index is 10.9. The van der Waals surface area contributed by atoms with Crippen LogP contribution in [0.5, 0.6) is 0 Å². The van der Waals surface area contributed by atoms with Gasteiger partial charge in [0.05, 0.1) is 12.1 Å². The van der Waals surface area contributed by atoms with Gasteiger partial charge in [-0.1, -0.05) is 0 Å². The van der Waals surface area contributed by atoms with Gasteiger partial charge in [0.25, 0.3) is 5.91 Å². The number of aliphatic hydroxyl groups is 1. The Kier molecular flexibility index (Phi) is 2.30. The molecular formula is C6H11N3O3. The summed E-state index contributed by atoms with van der Waals surface area (Å²) >= 11 is 0. The molecule has 1 aliphatic rings. The second-order valence-electron chi connectivity index (χ2n) is 2.76. The highest BCUT2D eigenvalue weighted by molar-refractivity contribution is 6.04. The maximum absolute atomic E-state index is 10.9. The van der Waals surface area contributed by atoms with Crippen molar-refractivity contribution in [2.75, 3.05) is 0 Å². The van der Waals surface area contributed by atoms with Crippen LogP contribution in [0.15, 0.2) is 0 Å². The van der Waals surface area contributed by atoms with E-state index in [-0.39, 0.29) is 0 Å². The van der Waals surface area contributed by atoms with E-state index in [0.29, 0.717) is 0 Å². The van der Waals surface area contributed by atoms with Crippen LogP contribution in [0.4, 0.5) is 4.79 Å². The third-order valence-corrected chi connectivity index (χ3v) is 1.75. The minimum absolute atomic E-state index is 0.492. The molecule has 1 heterocycles. The second kappa shape index (κ2) is 3.08. The lowest BCUT2D eigenvalue weighted by atomic mass is 10.1. The molecule has 68 valence electrons. The van der Waals surface area contributed by atoms with Crippen molar-refractivity contribution in [1.29, 1.82) is 0 Å². The minimum atomic E-state index is -0.834. The molecule has 0 aromatic rings. The van der Waals surface area contributed by atoms with Crippen molar-refractivity contribution >= 4 is 11.9 Å². The molecule has 6 heteroatoms. The summed E-state index contributed by atoms with van der Waals surface area (Å²) in [6, 6.07) is -2.16. The normalized spacial score (nSPS) is 27.8. The number of nitrogens with two attached hydrogens (primary N) is 1. The lowest BCUT2D eigenvalue weighted by molar-refractivity contribution is -0.121. The molecule has 0 aliphatic carbocycles. The van der Waals surface area contributed by atoms with Gasteiger partial charge in [0.15, 0.2) is 0 Å². The maximum Gasteiger partial charge on any atom is 0.322 e. The number of rotatable bonds is 2. The summed E-state index contributed by atoms with van der Waals surface area (Å²) in [5, 5.41) is 13.4. The molecule has 0 bridgehead atoms. The van der Waals surface area contributed by atoms with E-state index in [4.69, 9.17) is 10.8 Å². The molecule has 1 aliphatic heterocycles. The summed E-state index contributed by atoms with van der Waals surface area (Å²) in [5.74, 6) is -0.492. The van der Waals surface area contributed by atoms with Crippen molar-refractivity contribution in [3.05, 3.63) is 0 Å². The first-order chi connectivity index (χ1) is 5.52. The smallest absolute Gasteiger partial charge is 0.322 e. The summed E-state index contributed by atoms with van der Waals surface area (Å²) in [6.07, 6.45) is -0.834. The molecule has 0 spiro atoms. The third-order valence-electron chi connectivity index (χ3n) is 1.75. The molecule has 12 heavy (non-hydrogen) atoms. The summed E-state index contributed by atoms with van der Waals surface area (Å²) in [7, 11) is 0. The molecule has 6 nitrogen and oxygen atoms in total. The number of amides is 3. The average molecular weight is 173 g/mol. The van der Waals surface area contributed by atoms with Crippen LogP contribution in [0.25, 0.3) is 0 Å². The summed E-state index contributed by atoms with van der Waals surface area (Å²) < 4.78 is 0. The molecule has 2 unspecified atom stereocenters. The van der Waals surface area contributed by atoms with Crippen molar-refractivity contribution in [3.63, 3.8) is 0 Å². The minimum Gasteiger partial charge on any atom is -0.392 e. The van der Waals surface area contributed by atoms with E-state index in [1.165, 1.54) is 6.92 Å². The van der Waals surface area contributed by atoms with Gasteiger partial charge >= 0.3 is 6.03 Å². The standard InChI is InChI=1S/C6H11N3O3/c1-2(10)3(7)4-5(11)9-6(12)8-4/h2-4,10H,7H2,1H3,(H2,8,9,11,12)/t2?,3-,4?/m1/s1. The van der Waals surface area contributed by atoms with E-state index in [0.717, 1.165) is 0 Å². The van der Waals surface area contributed by atoms with Crippen molar-refractivity contribution in [2.24, 2.45) is 5.73 Å². The molecule has 0 aromatic carbocycles. The number of urea groups is 1. The average Bonchev–Trinajstić information content (AvgIpc) is 2.28. The van der Waals surface area contributed by atoms with E-state index < -0.39 is 30.1 Å². The van der Waals surface area contributed by atoms with Crippen molar-refractivity contribution in [1.82, 2.24) is 10.6 Å². The number of imide groups is 1. The first-order valence-electron chi connectivity index (χ1n) is 3.57. The Morgan fingerprint density at radius 2 is 2.17 bits per heavy atom. The van der Waals surface area contributed by atoms with Gasteiger partial charge in [0.1, 0.15) is 6.04 Å².